The highest BCUT2D eigenvalue weighted by Gasteiger charge is 2.53. The van der Waals surface area contributed by atoms with E-state index in [1.807, 2.05) is 4.98 Å². The number of nitrogens with one attached hydrogen (secondary N) is 2. The molecule has 3 heterocycles. The van der Waals surface area contributed by atoms with Gasteiger partial charge >= 0.3 is 29.6 Å². The largest absolute Gasteiger partial charge is 0.463 e. The van der Waals surface area contributed by atoms with Crippen LogP contribution in [0.1, 0.15) is 33.9 Å². The van der Waals surface area contributed by atoms with Gasteiger partial charge in [0.2, 0.25) is 0 Å². The summed E-state index contributed by atoms with van der Waals surface area (Å²) in [4.78, 5) is 73.9. The Morgan fingerprint density at radius 2 is 1.47 bits per heavy atom. The fraction of sp³-hybridized carbons (Fsp3) is 0.556. The van der Waals surface area contributed by atoms with Gasteiger partial charge in [-0.3, -0.25) is 29.0 Å². The second-order valence-electron chi connectivity index (χ2n) is 7.21. The van der Waals surface area contributed by atoms with Crippen LogP contribution < -0.4 is 11.2 Å². The van der Waals surface area contributed by atoms with Gasteiger partial charge in [0.05, 0.1) is 0 Å². The summed E-state index contributed by atoms with van der Waals surface area (Å²) in [6.07, 6.45) is -7.37. The summed E-state index contributed by atoms with van der Waals surface area (Å²) >= 11 is 0. The van der Waals surface area contributed by atoms with Crippen molar-refractivity contribution in [3.05, 3.63) is 20.8 Å². The van der Waals surface area contributed by atoms with Crippen LogP contribution in [-0.4, -0.2) is 79.9 Å². The van der Waals surface area contributed by atoms with E-state index in [1.165, 1.54) is 0 Å². The predicted molar refractivity (Wildman–Crippen MR) is 106 cm³/mol. The zero-order chi connectivity index (χ0) is 25.2. The maximum Gasteiger partial charge on any atom is 0.332 e. The van der Waals surface area contributed by atoms with Gasteiger partial charge in [-0.15, -0.1) is 10.2 Å². The first kappa shape index (κ1) is 24.6. The normalized spacial score (nSPS) is 24.3. The molecule has 2 N–H and O–H groups in total. The van der Waals surface area contributed by atoms with Crippen molar-refractivity contribution in [3.8, 4) is 0 Å². The van der Waals surface area contributed by atoms with Crippen LogP contribution in [0.25, 0.3) is 11.2 Å². The number of aromatic nitrogens is 5. The van der Waals surface area contributed by atoms with Gasteiger partial charge in [0, 0.05) is 27.7 Å². The van der Waals surface area contributed by atoms with E-state index in [1.54, 1.807) is 0 Å². The Kier molecular flexibility index (Phi) is 7.09. The smallest absolute Gasteiger partial charge is 0.332 e. The Bertz CT molecular complexity index is 1230. The third-order valence-corrected chi connectivity index (χ3v) is 4.63. The molecule has 0 amide bonds. The number of carbonyl (C=O) groups excluding carboxylic acids is 4. The Morgan fingerprint density at radius 1 is 0.882 bits per heavy atom. The molecule has 0 bridgehead atoms. The van der Waals surface area contributed by atoms with Crippen molar-refractivity contribution in [2.75, 3.05) is 6.61 Å². The van der Waals surface area contributed by atoms with Gasteiger partial charge in [-0.1, -0.05) is 0 Å². The van der Waals surface area contributed by atoms with E-state index in [9.17, 15) is 28.8 Å². The van der Waals surface area contributed by atoms with Crippen LogP contribution in [0, 0.1) is 0 Å². The van der Waals surface area contributed by atoms with Crippen molar-refractivity contribution in [3.63, 3.8) is 0 Å². The van der Waals surface area contributed by atoms with Crippen LogP contribution in [0.2, 0.25) is 0 Å². The van der Waals surface area contributed by atoms with E-state index in [4.69, 9.17) is 23.7 Å². The summed E-state index contributed by atoms with van der Waals surface area (Å²) in [7, 11) is 0. The minimum absolute atomic E-state index is 0.269. The number of aromatic amines is 2. The molecule has 1 aliphatic heterocycles. The van der Waals surface area contributed by atoms with Gasteiger partial charge in [0.1, 0.15) is 12.7 Å². The lowest BCUT2D eigenvalue weighted by Crippen LogP contribution is -2.61. The fourth-order valence-corrected chi connectivity index (χ4v) is 3.51. The van der Waals surface area contributed by atoms with E-state index in [2.05, 4.69) is 15.4 Å². The van der Waals surface area contributed by atoms with Crippen molar-refractivity contribution in [1.82, 2.24) is 25.0 Å². The number of nitrogens with zero attached hydrogens (tertiary/aromatic N) is 3. The molecule has 34 heavy (non-hydrogen) atoms. The minimum Gasteiger partial charge on any atom is -0.463 e. The quantitative estimate of drug-likeness (QED) is 0.339. The summed E-state index contributed by atoms with van der Waals surface area (Å²) in [5, 5.41) is 9.67. The lowest BCUT2D eigenvalue weighted by atomic mass is 9.97. The highest BCUT2D eigenvalue weighted by molar-refractivity contribution is 5.69. The highest BCUT2D eigenvalue weighted by atomic mass is 16.7. The number of hydrogen-bond donors (Lipinski definition) is 2. The van der Waals surface area contributed by atoms with E-state index in [0.29, 0.717) is 0 Å². The zero-order valence-corrected chi connectivity index (χ0v) is 18.4. The Hall–Kier alpha value is -4.08. The molecule has 184 valence electrons. The first-order chi connectivity index (χ1) is 16.0. The molecule has 2 aromatic heterocycles. The Morgan fingerprint density at radius 3 is 2.06 bits per heavy atom. The van der Waals surface area contributed by atoms with Crippen LogP contribution in [-0.2, 0) is 42.9 Å². The monoisotopic (exact) mass is 483 g/mol. The van der Waals surface area contributed by atoms with Gasteiger partial charge in [-0.2, -0.15) is 5.21 Å². The van der Waals surface area contributed by atoms with Crippen LogP contribution in [0.4, 0.5) is 0 Å². The molecule has 1 aliphatic rings. The molecule has 16 nitrogen and oxygen atoms in total. The number of H-pyrrole nitrogens is 2. The number of carbonyl (C=O) groups is 4. The molecule has 16 heteroatoms. The highest BCUT2D eigenvalue weighted by Crippen LogP contribution is 2.34. The predicted octanol–water partition coefficient (Wildman–Crippen LogP) is -1.94. The second kappa shape index (κ2) is 9.82. The number of fused-ring (bicyclic) bond motifs is 1. The van der Waals surface area contributed by atoms with Crippen LogP contribution in [0.5, 0.6) is 0 Å². The van der Waals surface area contributed by atoms with Crippen molar-refractivity contribution >= 4 is 35.0 Å². The van der Waals surface area contributed by atoms with Crippen molar-refractivity contribution in [2.45, 2.75) is 58.3 Å². The first-order valence-electron chi connectivity index (χ1n) is 9.85. The SMILES string of the molecule is CC(=O)OCC1OC(n2c(=O)[nH]c(=O)c3n[nH]nc32)C(OC(C)=O)C(OC(C)=O)C1OC(C)=O. The number of hydrogen-bond acceptors (Lipinski definition) is 13. The molecule has 0 saturated carbocycles. The van der Waals surface area contributed by atoms with E-state index >= 15 is 0 Å². The molecule has 1 fully saturated rings. The van der Waals surface area contributed by atoms with Crippen LogP contribution in [0.15, 0.2) is 9.59 Å². The number of esters is 4. The molecule has 0 spiro atoms. The Balaban J connectivity index is 2.21. The standard InChI is InChI=1S/C18H21N5O11/c1-6(24)30-5-10-12(31-7(2)25)13(32-8(3)26)14(33-9(4)27)17(34-10)23-15-11(20-22-21-15)16(28)19-18(23)29/h10,12-14,17H,5H2,1-4H3,(H,19,28,29)(H,20,21,22). The second-order valence-corrected chi connectivity index (χ2v) is 7.21. The third-order valence-electron chi connectivity index (χ3n) is 4.63. The number of rotatable bonds is 6. The average Bonchev–Trinajstić information content (AvgIpc) is 3.19. The lowest BCUT2D eigenvalue weighted by molar-refractivity contribution is -0.268. The molecule has 0 aromatic carbocycles. The molecular weight excluding hydrogens is 462 g/mol. The fourth-order valence-electron chi connectivity index (χ4n) is 3.51. The summed E-state index contributed by atoms with van der Waals surface area (Å²) in [6.45, 7) is 3.82. The average molecular weight is 483 g/mol. The molecule has 0 aliphatic carbocycles. The maximum absolute atomic E-state index is 12.8. The number of ether oxygens (including phenoxy) is 5. The van der Waals surface area contributed by atoms with Crippen LogP contribution in [0.3, 0.4) is 0 Å². The molecule has 0 radical (unpaired) electrons. The minimum atomic E-state index is -1.59. The first-order valence-corrected chi connectivity index (χ1v) is 9.85. The molecule has 3 rings (SSSR count). The van der Waals surface area contributed by atoms with Crippen LogP contribution >= 0.6 is 0 Å². The zero-order valence-electron chi connectivity index (χ0n) is 18.4. The Labute approximate surface area is 189 Å². The van der Waals surface area contributed by atoms with Crippen molar-refractivity contribution in [2.24, 2.45) is 0 Å². The molecule has 5 unspecified atom stereocenters. The van der Waals surface area contributed by atoms with Gasteiger partial charge in [-0.05, 0) is 0 Å². The van der Waals surface area contributed by atoms with Gasteiger partial charge in [0.15, 0.2) is 35.7 Å². The molecule has 1 saturated heterocycles. The van der Waals surface area contributed by atoms with Crippen molar-refractivity contribution in [1.29, 1.82) is 0 Å². The summed E-state index contributed by atoms with van der Waals surface area (Å²) in [5.74, 6) is -3.21. The van der Waals surface area contributed by atoms with E-state index in [-0.39, 0.29) is 11.2 Å². The van der Waals surface area contributed by atoms with Crippen molar-refractivity contribution < 1.29 is 42.9 Å². The summed E-state index contributed by atoms with van der Waals surface area (Å²) < 4.78 is 27.6. The summed E-state index contributed by atoms with van der Waals surface area (Å²) in [5.41, 5.74) is -2.41. The summed E-state index contributed by atoms with van der Waals surface area (Å²) in [6, 6.07) is 0. The third kappa shape index (κ3) is 5.11. The molecule has 2 aromatic rings. The van der Waals surface area contributed by atoms with Gasteiger partial charge in [0.25, 0.3) is 5.56 Å². The molecular formula is C18H21N5O11. The van der Waals surface area contributed by atoms with Gasteiger partial charge in [-0.25, -0.2) is 9.36 Å². The van der Waals surface area contributed by atoms with E-state index < -0.39 is 72.4 Å². The lowest BCUT2D eigenvalue weighted by Gasteiger charge is -2.44. The maximum atomic E-state index is 12.8. The topological polar surface area (TPSA) is 211 Å². The molecule has 5 atom stereocenters. The van der Waals surface area contributed by atoms with E-state index in [0.717, 1.165) is 32.3 Å². The van der Waals surface area contributed by atoms with Gasteiger partial charge < -0.3 is 23.7 Å².